The largest absolute Gasteiger partial charge is 0.389 e. The van der Waals surface area contributed by atoms with Gasteiger partial charge in [-0.05, 0) is 57.4 Å². The van der Waals surface area contributed by atoms with Gasteiger partial charge in [0.2, 0.25) is 0 Å². The van der Waals surface area contributed by atoms with Crippen LogP contribution in [0.5, 0.6) is 0 Å². The fourth-order valence-corrected chi connectivity index (χ4v) is 4.28. The number of piperidine rings is 1. The highest BCUT2D eigenvalue weighted by atomic mass is 16.3. The molecule has 0 aromatic carbocycles. The van der Waals surface area contributed by atoms with Gasteiger partial charge in [0.15, 0.2) is 0 Å². The quantitative estimate of drug-likeness (QED) is 0.821. The van der Waals surface area contributed by atoms with E-state index in [2.05, 4.69) is 17.1 Å². The predicted molar refractivity (Wildman–Crippen MR) is 78.2 cm³/mol. The van der Waals surface area contributed by atoms with Gasteiger partial charge in [0, 0.05) is 25.2 Å². The highest BCUT2D eigenvalue weighted by molar-refractivity contribution is 4.96. The summed E-state index contributed by atoms with van der Waals surface area (Å²) in [7, 11) is 0. The van der Waals surface area contributed by atoms with Crippen LogP contribution in [0.1, 0.15) is 58.3 Å². The van der Waals surface area contributed by atoms with E-state index < -0.39 is 5.60 Å². The number of nitrogens with one attached hydrogen (secondary N) is 1. The lowest BCUT2D eigenvalue weighted by Gasteiger charge is -2.38. The van der Waals surface area contributed by atoms with E-state index in [4.69, 9.17) is 0 Å². The van der Waals surface area contributed by atoms with Gasteiger partial charge < -0.3 is 10.4 Å². The van der Waals surface area contributed by atoms with Gasteiger partial charge in [0.05, 0.1) is 5.60 Å². The number of fused-ring (bicyclic) bond motifs is 1. The number of aliphatic hydroxyl groups is 1. The van der Waals surface area contributed by atoms with E-state index in [0.29, 0.717) is 6.04 Å². The molecule has 0 aromatic heterocycles. The molecular formula is C16H30N2O. The Bertz CT molecular complexity index is 299. The van der Waals surface area contributed by atoms with Crippen molar-refractivity contribution in [3.63, 3.8) is 0 Å². The van der Waals surface area contributed by atoms with Crippen molar-refractivity contribution >= 4 is 0 Å². The van der Waals surface area contributed by atoms with Crippen molar-refractivity contribution in [3.05, 3.63) is 0 Å². The number of hydrogen-bond acceptors (Lipinski definition) is 3. The molecule has 3 aliphatic rings. The Kier molecular flexibility index (Phi) is 4.16. The summed E-state index contributed by atoms with van der Waals surface area (Å²) in [5.74, 6) is 0.806. The van der Waals surface area contributed by atoms with Crippen LogP contribution in [0, 0.1) is 5.92 Å². The Morgan fingerprint density at radius 1 is 1.11 bits per heavy atom. The summed E-state index contributed by atoms with van der Waals surface area (Å²) in [4.78, 5) is 2.66. The van der Waals surface area contributed by atoms with Gasteiger partial charge in [-0.2, -0.15) is 0 Å². The highest BCUT2D eigenvalue weighted by Crippen LogP contribution is 2.32. The Labute approximate surface area is 117 Å². The average molecular weight is 266 g/mol. The van der Waals surface area contributed by atoms with Crippen molar-refractivity contribution < 1.29 is 5.11 Å². The maximum Gasteiger partial charge on any atom is 0.0771 e. The van der Waals surface area contributed by atoms with Crippen LogP contribution in [0.4, 0.5) is 0 Å². The van der Waals surface area contributed by atoms with Crippen LogP contribution in [0.25, 0.3) is 0 Å². The second kappa shape index (κ2) is 5.71. The minimum atomic E-state index is -0.422. The summed E-state index contributed by atoms with van der Waals surface area (Å²) in [5.41, 5.74) is -0.422. The molecule has 0 radical (unpaired) electrons. The highest BCUT2D eigenvalue weighted by Gasteiger charge is 2.37. The summed E-state index contributed by atoms with van der Waals surface area (Å²) in [6.45, 7) is 5.68. The second-order valence-electron chi connectivity index (χ2n) is 7.28. The van der Waals surface area contributed by atoms with Crippen LogP contribution < -0.4 is 5.32 Å². The average Bonchev–Trinajstić information content (AvgIpc) is 2.84. The predicted octanol–water partition coefficient (Wildman–Crippen LogP) is 2.14. The van der Waals surface area contributed by atoms with Gasteiger partial charge >= 0.3 is 0 Å². The summed E-state index contributed by atoms with van der Waals surface area (Å²) >= 11 is 0. The van der Waals surface area contributed by atoms with E-state index in [1.165, 1.54) is 51.6 Å². The lowest BCUT2D eigenvalue weighted by Crippen LogP contribution is -2.51. The fourth-order valence-electron chi connectivity index (χ4n) is 4.28. The monoisotopic (exact) mass is 266 g/mol. The first-order valence-corrected chi connectivity index (χ1v) is 8.36. The van der Waals surface area contributed by atoms with E-state index >= 15 is 0 Å². The van der Waals surface area contributed by atoms with Crippen molar-refractivity contribution in [2.75, 3.05) is 19.6 Å². The molecule has 0 amide bonds. The van der Waals surface area contributed by atoms with E-state index in [9.17, 15) is 5.11 Å². The van der Waals surface area contributed by atoms with E-state index in [0.717, 1.165) is 31.3 Å². The van der Waals surface area contributed by atoms with Crippen molar-refractivity contribution in [1.29, 1.82) is 0 Å². The first kappa shape index (κ1) is 13.8. The maximum atomic E-state index is 10.7. The molecule has 2 aliphatic heterocycles. The molecule has 2 unspecified atom stereocenters. The van der Waals surface area contributed by atoms with Crippen molar-refractivity contribution in [1.82, 2.24) is 10.2 Å². The molecule has 3 heteroatoms. The second-order valence-corrected chi connectivity index (χ2v) is 7.28. The lowest BCUT2D eigenvalue weighted by atomic mass is 9.79. The molecular weight excluding hydrogens is 236 g/mol. The van der Waals surface area contributed by atoms with Crippen LogP contribution in [0.15, 0.2) is 0 Å². The number of rotatable bonds is 3. The summed E-state index contributed by atoms with van der Waals surface area (Å²) in [6.07, 6.45) is 9.76. The zero-order valence-corrected chi connectivity index (χ0v) is 12.4. The Morgan fingerprint density at radius 3 is 2.68 bits per heavy atom. The van der Waals surface area contributed by atoms with Gasteiger partial charge in [0.1, 0.15) is 0 Å². The Hall–Kier alpha value is -0.120. The minimum Gasteiger partial charge on any atom is -0.389 e. The Morgan fingerprint density at radius 2 is 1.89 bits per heavy atom. The molecule has 3 rings (SSSR count). The zero-order chi connectivity index (χ0) is 13.3. The van der Waals surface area contributed by atoms with E-state index in [1.54, 1.807) is 0 Å². The van der Waals surface area contributed by atoms with Crippen LogP contribution >= 0.6 is 0 Å². The first-order chi connectivity index (χ1) is 9.16. The topological polar surface area (TPSA) is 35.5 Å². The number of nitrogens with zero attached hydrogens (tertiary/aromatic N) is 1. The minimum absolute atomic E-state index is 0.422. The van der Waals surface area contributed by atoms with Gasteiger partial charge in [-0.3, -0.25) is 4.90 Å². The van der Waals surface area contributed by atoms with Crippen molar-refractivity contribution in [2.45, 2.75) is 76.0 Å². The van der Waals surface area contributed by atoms with Gasteiger partial charge in [-0.1, -0.05) is 13.3 Å². The molecule has 110 valence electrons. The molecule has 0 spiro atoms. The van der Waals surface area contributed by atoms with Crippen LogP contribution in [0.3, 0.4) is 0 Å². The SMILES string of the molecule is CC1CCC(O)(CNC2CCN3CCCCC23)CC1. The molecule has 0 bridgehead atoms. The van der Waals surface area contributed by atoms with Crippen molar-refractivity contribution in [3.8, 4) is 0 Å². The molecule has 0 aromatic rings. The van der Waals surface area contributed by atoms with Crippen LogP contribution in [-0.4, -0.2) is 47.3 Å². The molecule has 3 nitrogen and oxygen atoms in total. The van der Waals surface area contributed by atoms with Crippen LogP contribution in [0.2, 0.25) is 0 Å². The van der Waals surface area contributed by atoms with Gasteiger partial charge in [-0.25, -0.2) is 0 Å². The molecule has 1 aliphatic carbocycles. The standard InChI is InChI=1S/C16H30N2O/c1-13-5-8-16(19,9-6-13)12-17-14-7-11-18-10-3-2-4-15(14)18/h13-15,17,19H,2-12H2,1H3. The fraction of sp³-hybridized carbons (Fsp3) is 1.00. The third-order valence-electron chi connectivity index (χ3n) is 5.75. The summed E-state index contributed by atoms with van der Waals surface area (Å²) < 4.78 is 0. The molecule has 2 heterocycles. The molecule has 3 fully saturated rings. The molecule has 2 saturated heterocycles. The smallest absolute Gasteiger partial charge is 0.0771 e. The Balaban J connectivity index is 1.49. The van der Waals surface area contributed by atoms with Crippen molar-refractivity contribution in [2.24, 2.45) is 5.92 Å². The zero-order valence-electron chi connectivity index (χ0n) is 12.4. The molecule has 2 atom stereocenters. The molecule has 1 saturated carbocycles. The molecule has 19 heavy (non-hydrogen) atoms. The van der Waals surface area contributed by atoms with Gasteiger partial charge in [0.25, 0.3) is 0 Å². The van der Waals surface area contributed by atoms with E-state index in [-0.39, 0.29) is 0 Å². The third kappa shape index (κ3) is 3.14. The number of hydrogen-bond donors (Lipinski definition) is 2. The molecule has 2 N–H and O–H groups in total. The van der Waals surface area contributed by atoms with Gasteiger partial charge in [-0.15, -0.1) is 0 Å². The van der Waals surface area contributed by atoms with E-state index in [1.807, 2.05) is 0 Å². The lowest BCUT2D eigenvalue weighted by molar-refractivity contribution is -0.00934. The third-order valence-corrected chi connectivity index (χ3v) is 5.75. The van der Waals surface area contributed by atoms with Crippen LogP contribution in [-0.2, 0) is 0 Å². The first-order valence-electron chi connectivity index (χ1n) is 8.36. The summed E-state index contributed by atoms with van der Waals surface area (Å²) in [5, 5.41) is 14.4. The summed E-state index contributed by atoms with van der Waals surface area (Å²) in [6, 6.07) is 1.38. The normalized spacial score (nSPS) is 44.2. The maximum absolute atomic E-state index is 10.7.